The molecule has 78 valence electrons. The molecule has 1 aliphatic carbocycles. The van der Waals surface area contributed by atoms with Crippen molar-refractivity contribution in [3.8, 4) is 0 Å². The predicted molar refractivity (Wildman–Crippen MR) is 56.8 cm³/mol. The van der Waals surface area contributed by atoms with Gasteiger partial charge in [-0.05, 0) is 25.7 Å². The van der Waals surface area contributed by atoms with E-state index in [1.807, 2.05) is 12.5 Å². The number of imidazole rings is 1. The van der Waals surface area contributed by atoms with Crippen molar-refractivity contribution in [1.82, 2.24) is 9.55 Å². The van der Waals surface area contributed by atoms with E-state index in [-0.39, 0.29) is 0 Å². The predicted octanol–water partition coefficient (Wildman–Crippen LogP) is 2.09. The van der Waals surface area contributed by atoms with Crippen molar-refractivity contribution in [2.75, 3.05) is 0 Å². The Balaban J connectivity index is 2.12. The second-order valence-electron chi connectivity index (χ2n) is 4.28. The minimum Gasteiger partial charge on any atom is -0.330 e. The van der Waals surface area contributed by atoms with Crippen LogP contribution in [-0.2, 0) is 6.54 Å². The summed E-state index contributed by atoms with van der Waals surface area (Å²) in [7, 11) is 0. The van der Waals surface area contributed by atoms with Gasteiger partial charge in [0.2, 0.25) is 0 Å². The summed E-state index contributed by atoms with van der Waals surface area (Å²) in [6.07, 6.45) is 9.31. The average molecular weight is 193 g/mol. The Morgan fingerprint density at radius 2 is 2.29 bits per heavy atom. The second-order valence-corrected chi connectivity index (χ2v) is 4.28. The summed E-state index contributed by atoms with van der Waals surface area (Å²) in [5.41, 5.74) is 6.83. The Morgan fingerprint density at radius 3 is 2.93 bits per heavy atom. The lowest BCUT2D eigenvalue weighted by molar-refractivity contribution is 0.353. The first kappa shape index (κ1) is 9.71. The van der Waals surface area contributed by atoms with Crippen LogP contribution < -0.4 is 5.73 Å². The van der Waals surface area contributed by atoms with Crippen LogP contribution in [0.15, 0.2) is 12.5 Å². The lowest BCUT2D eigenvalue weighted by Gasteiger charge is -2.22. The van der Waals surface area contributed by atoms with E-state index in [2.05, 4.69) is 16.5 Å². The number of hydrogen-bond donors (Lipinski definition) is 1. The first-order valence-electron chi connectivity index (χ1n) is 5.53. The van der Waals surface area contributed by atoms with Crippen molar-refractivity contribution in [3.63, 3.8) is 0 Å². The van der Waals surface area contributed by atoms with E-state index in [0.29, 0.717) is 12.6 Å². The van der Waals surface area contributed by atoms with Crippen LogP contribution in [0.25, 0.3) is 0 Å². The van der Waals surface area contributed by atoms with E-state index in [9.17, 15) is 0 Å². The molecule has 1 aromatic rings. The highest BCUT2D eigenvalue weighted by Gasteiger charge is 2.23. The van der Waals surface area contributed by atoms with E-state index in [4.69, 9.17) is 5.73 Å². The van der Waals surface area contributed by atoms with Crippen LogP contribution in [0.2, 0.25) is 0 Å². The zero-order chi connectivity index (χ0) is 9.97. The van der Waals surface area contributed by atoms with Crippen molar-refractivity contribution in [2.24, 2.45) is 11.7 Å². The van der Waals surface area contributed by atoms with Gasteiger partial charge in [-0.1, -0.05) is 12.8 Å². The van der Waals surface area contributed by atoms with E-state index in [0.717, 1.165) is 11.6 Å². The lowest BCUT2D eigenvalue weighted by atomic mass is 9.99. The Bertz CT molecular complexity index is 286. The summed E-state index contributed by atoms with van der Waals surface area (Å²) in [6, 6.07) is 0.568. The number of hydrogen-bond acceptors (Lipinski definition) is 2. The van der Waals surface area contributed by atoms with Gasteiger partial charge in [0.05, 0.1) is 12.0 Å². The minimum atomic E-state index is 0.568. The molecule has 1 fully saturated rings. The van der Waals surface area contributed by atoms with Gasteiger partial charge in [0.1, 0.15) is 0 Å². The zero-order valence-electron chi connectivity index (χ0n) is 8.82. The van der Waals surface area contributed by atoms with Crippen LogP contribution in [0.1, 0.15) is 44.3 Å². The maximum atomic E-state index is 5.67. The third-order valence-corrected chi connectivity index (χ3v) is 3.48. The quantitative estimate of drug-likeness (QED) is 0.798. The van der Waals surface area contributed by atoms with E-state index >= 15 is 0 Å². The van der Waals surface area contributed by atoms with Crippen molar-refractivity contribution in [2.45, 2.75) is 45.2 Å². The third kappa shape index (κ3) is 1.69. The molecule has 2 rings (SSSR count). The molecule has 1 heterocycles. The molecular formula is C11H19N3. The van der Waals surface area contributed by atoms with Gasteiger partial charge in [-0.2, -0.15) is 0 Å². The summed E-state index contributed by atoms with van der Waals surface area (Å²) in [5, 5.41) is 0. The lowest BCUT2D eigenvalue weighted by Crippen LogP contribution is -2.17. The van der Waals surface area contributed by atoms with Crippen molar-refractivity contribution >= 4 is 0 Å². The molecule has 1 unspecified atom stereocenters. The molecule has 0 spiro atoms. The van der Waals surface area contributed by atoms with Crippen LogP contribution >= 0.6 is 0 Å². The van der Waals surface area contributed by atoms with Gasteiger partial charge in [-0.15, -0.1) is 0 Å². The molecule has 0 aliphatic heterocycles. The number of rotatable bonds is 3. The summed E-state index contributed by atoms with van der Waals surface area (Å²) >= 11 is 0. The Kier molecular flexibility index (Phi) is 2.87. The van der Waals surface area contributed by atoms with Gasteiger partial charge in [-0.3, -0.25) is 0 Å². The molecule has 0 aromatic carbocycles. The largest absolute Gasteiger partial charge is 0.330 e. The molecule has 0 saturated heterocycles. The van der Waals surface area contributed by atoms with Gasteiger partial charge in [0.15, 0.2) is 0 Å². The fraction of sp³-hybridized carbons (Fsp3) is 0.727. The Hall–Kier alpha value is -0.830. The summed E-state index contributed by atoms with van der Waals surface area (Å²) in [6.45, 7) is 2.88. The number of aromatic nitrogens is 2. The summed E-state index contributed by atoms with van der Waals surface area (Å²) in [5.74, 6) is 0.828. The van der Waals surface area contributed by atoms with Crippen molar-refractivity contribution < 1.29 is 0 Å². The highest BCUT2D eigenvalue weighted by molar-refractivity contribution is 5.00. The monoisotopic (exact) mass is 193 g/mol. The average Bonchev–Trinajstić information content (AvgIpc) is 2.87. The standard InChI is InChI=1S/C11H19N3/c1-9(10-4-2-3-5-10)14-8-13-7-11(14)6-12/h7-10H,2-6,12H2,1H3. The zero-order valence-corrected chi connectivity index (χ0v) is 8.82. The van der Waals surface area contributed by atoms with Crippen molar-refractivity contribution in [1.29, 1.82) is 0 Å². The fourth-order valence-electron chi connectivity index (χ4n) is 2.52. The number of nitrogens with two attached hydrogens (primary N) is 1. The molecule has 1 aliphatic rings. The molecule has 2 N–H and O–H groups in total. The van der Waals surface area contributed by atoms with Gasteiger partial charge in [0.25, 0.3) is 0 Å². The molecule has 14 heavy (non-hydrogen) atoms. The molecule has 3 heteroatoms. The highest BCUT2D eigenvalue weighted by Crippen LogP contribution is 2.34. The second kappa shape index (κ2) is 4.13. The minimum absolute atomic E-state index is 0.568. The third-order valence-electron chi connectivity index (χ3n) is 3.48. The highest BCUT2D eigenvalue weighted by atomic mass is 15.1. The molecule has 3 nitrogen and oxygen atoms in total. The molecule has 1 aromatic heterocycles. The first-order chi connectivity index (χ1) is 6.83. The van der Waals surface area contributed by atoms with Gasteiger partial charge >= 0.3 is 0 Å². The van der Waals surface area contributed by atoms with Crippen LogP contribution in [0.5, 0.6) is 0 Å². The Morgan fingerprint density at radius 1 is 1.57 bits per heavy atom. The normalized spacial score (nSPS) is 20.1. The molecular weight excluding hydrogens is 174 g/mol. The summed E-state index contributed by atoms with van der Waals surface area (Å²) in [4.78, 5) is 4.17. The maximum absolute atomic E-state index is 5.67. The van der Waals surface area contributed by atoms with Crippen LogP contribution in [0.3, 0.4) is 0 Å². The number of nitrogens with zero attached hydrogens (tertiary/aromatic N) is 2. The first-order valence-corrected chi connectivity index (χ1v) is 5.53. The van der Waals surface area contributed by atoms with E-state index < -0.39 is 0 Å². The van der Waals surface area contributed by atoms with E-state index in [1.165, 1.54) is 25.7 Å². The van der Waals surface area contributed by atoms with Gasteiger partial charge < -0.3 is 10.3 Å². The maximum Gasteiger partial charge on any atom is 0.0951 e. The van der Waals surface area contributed by atoms with Gasteiger partial charge in [-0.25, -0.2) is 4.98 Å². The molecule has 0 amide bonds. The van der Waals surface area contributed by atoms with E-state index in [1.54, 1.807) is 0 Å². The SMILES string of the molecule is CC(C1CCCC1)n1cncc1CN. The van der Waals surface area contributed by atoms with Crippen LogP contribution in [0.4, 0.5) is 0 Å². The van der Waals surface area contributed by atoms with Crippen LogP contribution in [0, 0.1) is 5.92 Å². The van der Waals surface area contributed by atoms with Crippen LogP contribution in [-0.4, -0.2) is 9.55 Å². The molecule has 0 radical (unpaired) electrons. The summed E-state index contributed by atoms with van der Waals surface area (Å²) < 4.78 is 2.25. The topological polar surface area (TPSA) is 43.8 Å². The Labute approximate surface area is 85.3 Å². The molecule has 1 atom stereocenters. The smallest absolute Gasteiger partial charge is 0.0951 e. The van der Waals surface area contributed by atoms with Gasteiger partial charge in [0, 0.05) is 18.8 Å². The fourth-order valence-corrected chi connectivity index (χ4v) is 2.52. The molecule has 0 bridgehead atoms. The van der Waals surface area contributed by atoms with Crippen molar-refractivity contribution in [3.05, 3.63) is 18.2 Å². The molecule has 1 saturated carbocycles.